The summed E-state index contributed by atoms with van der Waals surface area (Å²) in [5.74, 6) is 0.768. The number of carbonyl (C=O) groups excluding carboxylic acids is 1. The van der Waals surface area contributed by atoms with Gasteiger partial charge in [0.1, 0.15) is 0 Å². The van der Waals surface area contributed by atoms with Crippen molar-refractivity contribution in [1.29, 1.82) is 0 Å². The number of guanidine groups is 1. The first-order valence-corrected chi connectivity index (χ1v) is 9.97. The molecular weight excluding hydrogens is 465 g/mol. The lowest BCUT2D eigenvalue weighted by Gasteiger charge is -2.41. The highest BCUT2D eigenvalue weighted by molar-refractivity contribution is 14.0. The Morgan fingerprint density at radius 2 is 1.89 bits per heavy atom. The number of nitrogens with one attached hydrogen (secondary N) is 3. The van der Waals surface area contributed by atoms with E-state index in [1.54, 1.807) is 14.1 Å². The summed E-state index contributed by atoms with van der Waals surface area (Å²) in [6, 6.07) is 7.74. The van der Waals surface area contributed by atoms with Crippen LogP contribution in [0, 0.1) is 0 Å². The van der Waals surface area contributed by atoms with Crippen LogP contribution in [0.5, 0.6) is 0 Å². The van der Waals surface area contributed by atoms with Gasteiger partial charge >= 0.3 is 0 Å². The molecule has 3 N–H and O–H groups in total. The second kappa shape index (κ2) is 12.3. The summed E-state index contributed by atoms with van der Waals surface area (Å²) in [6.07, 6.45) is 4.78. The van der Waals surface area contributed by atoms with Crippen LogP contribution in [0.15, 0.2) is 29.3 Å². The Balaban J connectivity index is 0.00000392. The third kappa shape index (κ3) is 7.58. The van der Waals surface area contributed by atoms with E-state index in [1.165, 1.54) is 32.4 Å². The van der Waals surface area contributed by atoms with E-state index >= 15 is 0 Å². The molecule has 0 saturated carbocycles. The fourth-order valence-electron chi connectivity index (χ4n) is 3.47. The van der Waals surface area contributed by atoms with Crippen LogP contribution in [0.3, 0.4) is 0 Å². The summed E-state index contributed by atoms with van der Waals surface area (Å²) in [5.41, 5.74) is 1.94. The van der Waals surface area contributed by atoms with E-state index in [2.05, 4.69) is 39.7 Å². The number of hydrogen-bond donors (Lipinski definition) is 3. The minimum atomic E-state index is -0.0535. The van der Waals surface area contributed by atoms with E-state index < -0.39 is 0 Å². The third-order valence-corrected chi connectivity index (χ3v) is 5.25. The Labute approximate surface area is 187 Å². The van der Waals surface area contributed by atoms with E-state index in [0.29, 0.717) is 5.56 Å². The normalized spacial score (nSPS) is 15.5. The van der Waals surface area contributed by atoms with Crippen LogP contribution in [0.4, 0.5) is 0 Å². The van der Waals surface area contributed by atoms with Crippen molar-refractivity contribution in [3.05, 3.63) is 35.4 Å². The maximum Gasteiger partial charge on any atom is 0.251 e. The monoisotopic (exact) mass is 501 g/mol. The van der Waals surface area contributed by atoms with E-state index in [9.17, 15) is 4.79 Å². The second-order valence-electron chi connectivity index (χ2n) is 7.74. The number of piperidine rings is 1. The van der Waals surface area contributed by atoms with Gasteiger partial charge in [0.25, 0.3) is 5.91 Å². The van der Waals surface area contributed by atoms with Crippen molar-refractivity contribution in [1.82, 2.24) is 20.9 Å². The fraction of sp³-hybridized carbons (Fsp3) is 0.619. The zero-order chi connectivity index (χ0) is 19.7. The average molecular weight is 501 g/mol. The number of nitrogens with zero attached hydrogens (tertiary/aromatic N) is 2. The molecule has 0 atom stereocenters. The lowest BCUT2D eigenvalue weighted by atomic mass is 9.98. The number of benzene rings is 1. The van der Waals surface area contributed by atoms with Gasteiger partial charge in [-0.1, -0.05) is 18.6 Å². The molecule has 158 valence electrons. The molecule has 1 saturated heterocycles. The molecule has 1 aromatic carbocycles. The highest BCUT2D eigenvalue weighted by Crippen LogP contribution is 2.19. The molecule has 2 rings (SSSR count). The number of hydrogen-bond acceptors (Lipinski definition) is 3. The van der Waals surface area contributed by atoms with Gasteiger partial charge in [0, 0.05) is 38.3 Å². The highest BCUT2D eigenvalue weighted by atomic mass is 127. The van der Waals surface area contributed by atoms with Gasteiger partial charge in [-0.05, 0) is 63.9 Å². The second-order valence-corrected chi connectivity index (χ2v) is 7.74. The summed E-state index contributed by atoms with van der Waals surface area (Å²) in [7, 11) is 3.45. The van der Waals surface area contributed by atoms with Crippen LogP contribution in [0.25, 0.3) is 0 Å². The van der Waals surface area contributed by atoms with Crippen LogP contribution >= 0.6 is 24.0 Å². The molecule has 0 bridgehead atoms. The van der Waals surface area contributed by atoms with Crippen LogP contribution < -0.4 is 16.0 Å². The first-order chi connectivity index (χ1) is 13.0. The number of amides is 1. The fourth-order valence-corrected chi connectivity index (χ4v) is 3.47. The van der Waals surface area contributed by atoms with Crippen molar-refractivity contribution >= 4 is 35.8 Å². The predicted molar refractivity (Wildman–Crippen MR) is 128 cm³/mol. The summed E-state index contributed by atoms with van der Waals surface area (Å²) in [5, 5.41) is 9.50. The largest absolute Gasteiger partial charge is 0.356 e. The predicted octanol–water partition coefficient (Wildman–Crippen LogP) is 2.64. The number of aliphatic imine (C=N–C) groups is 1. The van der Waals surface area contributed by atoms with Crippen molar-refractivity contribution in [2.45, 2.75) is 45.1 Å². The van der Waals surface area contributed by atoms with Crippen molar-refractivity contribution in [3.8, 4) is 0 Å². The van der Waals surface area contributed by atoms with E-state index in [4.69, 9.17) is 0 Å². The van der Waals surface area contributed by atoms with Gasteiger partial charge in [-0.2, -0.15) is 0 Å². The van der Waals surface area contributed by atoms with Gasteiger partial charge in [-0.3, -0.25) is 14.7 Å². The highest BCUT2D eigenvalue weighted by Gasteiger charge is 2.27. The zero-order valence-electron chi connectivity index (χ0n) is 17.7. The van der Waals surface area contributed by atoms with Crippen molar-refractivity contribution in [2.24, 2.45) is 4.99 Å². The first-order valence-electron chi connectivity index (χ1n) is 9.97. The van der Waals surface area contributed by atoms with E-state index in [0.717, 1.165) is 31.0 Å². The topological polar surface area (TPSA) is 68.8 Å². The maximum atomic E-state index is 11.7. The molecule has 1 aromatic rings. The van der Waals surface area contributed by atoms with Crippen LogP contribution in [0.1, 0.15) is 49.0 Å². The molecule has 7 heteroatoms. The Hall–Kier alpha value is -1.35. The molecule has 28 heavy (non-hydrogen) atoms. The first kappa shape index (κ1) is 24.7. The van der Waals surface area contributed by atoms with Crippen molar-refractivity contribution < 1.29 is 4.79 Å². The summed E-state index contributed by atoms with van der Waals surface area (Å²) >= 11 is 0. The molecule has 0 spiro atoms. The smallest absolute Gasteiger partial charge is 0.251 e. The van der Waals surface area contributed by atoms with Gasteiger partial charge < -0.3 is 16.0 Å². The number of rotatable bonds is 7. The molecular formula is C21H36IN5O. The van der Waals surface area contributed by atoms with Crippen LogP contribution in [-0.2, 0) is 6.42 Å². The average Bonchev–Trinajstić information content (AvgIpc) is 2.70. The molecule has 0 aromatic heterocycles. The molecule has 0 unspecified atom stereocenters. The van der Waals surface area contributed by atoms with Crippen LogP contribution in [0.2, 0.25) is 0 Å². The number of likely N-dealkylation sites (tertiary alicyclic amines) is 1. The Kier molecular flexibility index (Phi) is 10.8. The molecule has 1 amide bonds. The molecule has 1 heterocycles. The standard InChI is InChI=1S/C21H35N5O.HI/c1-21(2,26-13-6-5-7-14-26)16-25-20(23-4)24-12-11-17-9-8-10-18(15-17)19(27)22-3;/h8-10,15H,5-7,11-14,16H2,1-4H3,(H,22,27)(H2,23,24,25);1H. The van der Waals surface area contributed by atoms with E-state index in [-0.39, 0.29) is 35.4 Å². The SMILES string of the molecule is CN=C(NCCc1cccc(C(=O)NC)c1)NCC(C)(C)N1CCCCC1.I. The summed E-state index contributed by atoms with van der Waals surface area (Å²) < 4.78 is 0. The quantitative estimate of drug-likeness (QED) is 0.305. The zero-order valence-corrected chi connectivity index (χ0v) is 20.0. The summed E-state index contributed by atoms with van der Waals surface area (Å²) in [4.78, 5) is 18.7. The van der Waals surface area contributed by atoms with Gasteiger partial charge in [0.15, 0.2) is 5.96 Å². The lowest BCUT2D eigenvalue weighted by molar-refractivity contribution is 0.0962. The molecule has 1 aliphatic rings. The summed E-state index contributed by atoms with van der Waals surface area (Å²) in [6.45, 7) is 8.58. The molecule has 1 fully saturated rings. The third-order valence-electron chi connectivity index (χ3n) is 5.25. The number of carbonyl (C=O) groups is 1. The van der Waals surface area contributed by atoms with Crippen LogP contribution in [-0.4, -0.2) is 62.6 Å². The van der Waals surface area contributed by atoms with Crippen molar-refractivity contribution in [3.63, 3.8) is 0 Å². The number of halogens is 1. The van der Waals surface area contributed by atoms with Gasteiger partial charge in [0.2, 0.25) is 0 Å². The minimum Gasteiger partial charge on any atom is -0.356 e. The Morgan fingerprint density at radius 3 is 2.54 bits per heavy atom. The minimum absolute atomic E-state index is 0. The molecule has 6 nitrogen and oxygen atoms in total. The lowest BCUT2D eigenvalue weighted by Crippen LogP contribution is -2.55. The van der Waals surface area contributed by atoms with Crippen molar-refractivity contribution in [2.75, 3.05) is 40.3 Å². The van der Waals surface area contributed by atoms with Gasteiger partial charge in [0.05, 0.1) is 0 Å². The molecule has 0 aliphatic carbocycles. The Morgan fingerprint density at radius 1 is 1.18 bits per heavy atom. The van der Waals surface area contributed by atoms with Gasteiger partial charge in [-0.25, -0.2) is 0 Å². The Bertz CT molecular complexity index is 641. The maximum absolute atomic E-state index is 11.7. The van der Waals surface area contributed by atoms with Gasteiger partial charge in [-0.15, -0.1) is 24.0 Å². The molecule has 1 aliphatic heterocycles. The van der Waals surface area contributed by atoms with E-state index in [1.807, 2.05) is 24.3 Å². The molecule has 0 radical (unpaired) electrons.